The Kier molecular flexibility index (Phi) is 4.76. The number of carboxylic acid groups (broad SMARTS) is 1. The minimum Gasteiger partial charge on any atom is -0.478 e. The highest BCUT2D eigenvalue weighted by molar-refractivity contribution is 9.10. The van der Waals surface area contributed by atoms with Gasteiger partial charge in [0.25, 0.3) is 0 Å². The molecular formula is C13H19BrN2O2. The fraction of sp³-hybridized carbons (Fsp3) is 0.462. The van der Waals surface area contributed by atoms with Gasteiger partial charge < -0.3 is 15.3 Å². The maximum atomic E-state index is 11.1. The second kappa shape index (κ2) is 5.71. The molecular weight excluding hydrogens is 296 g/mol. The molecule has 0 atom stereocenters. The first kappa shape index (κ1) is 15.0. The average Bonchev–Trinajstić information content (AvgIpc) is 2.26. The lowest BCUT2D eigenvalue weighted by Gasteiger charge is -2.33. The summed E-state index contributed by atoms with van der Waals surface area (Å²) in [6, 6.07) is 5.11. The van der Waals surface area contributed by atoms with Crippen LogP contribution in [0.4, 0.5) is 5.69 Å². The summed E-state index contributed by atoms with van der Waals surface area (Å²) in [5.41, 5.74) is 0.859. The number of nitrogens with zero attached hydrogens (tertiary/aromatic N) is 1. The molecule has 0 spiro atoms. The Labute approximate surface area is 116 Å². The minimum atomic E-state index is -0.923. The number of halogens is 1. The van der Waals surface area contributed by atoms with Crippen LogP contribution in [0.3, 0.4) is 0 Å². The first-order valence-electron chi connectivity index (χ1n) is 5.68. The Hall–Kier alpha value is -1.07. The van der Waals surface area contributed by atoms with E-state index in [9.17, 15) is 4.79 Å². The fourth-order valence-electron chi connectivity index (χ4n) is 1.32. The number of hydrogen-bond acceptors (Lipinski definition) is 3. The van der Waals surface area contributed by atoms with Crippen LogP contribution in [-0.2, 0) is 0 Å². The van der Waals surface area contributed by atoms with Crippen LogP contribution in [0.25, 0.3) is 0 Å². The van der Waals surface area contributed by atoms with Crippen molar-refractivity contribution in [3.8, 4) is 0 Å². The van der Waals surface area contributed by atoms with Crippen LogP contribution >= 0.6 is 15.9 Å². The minimum absolute atomic E-state index is 0.0574. The van der Waals surface area contributed by atoms with Gasteiger partial charge in [-0.2, -0.15) is 0 Å². The van der Waals surface area contributed by atoms with Crippen LogP contribution < -0.4 is 5.32 Å². The number of nitrogens with one attached hydrogen (secondary N) is 1. The van der Waals surface area contributed by atoms with Crippen LogP contribution in [0.2, 0.25) is 0 Å². The lowest BCUT2D eigenvalue weighted by atomic mass is 10.0. The largest absolute Gasteiger partial charge is 0.478 e. The molecule has 0 saturated heterocycles. The maximum Gasteiger partial charge on any atom is 0.337 e. The van der Waals surface area contributed by atoms with Crippen LogP contribution in [0, 0.1) is 0 Å². The lowest BCUT2D eigenvalue weighted by Crippen LogP contribution is -2.44. The number of carbonyl (C=O) groups is 1. The van der Waals surface area contributed by atoms with E-state index in [1.807, 2.05) is 14.1 Å². The van der Waals surface area contributed by atoms with Gasteiger partial charge in [-0.05, 0) is 46.1 Å². The number of likely N-dealkylation sites (N-methyl/N-ethyl adjacent to an activating group) is 1. The van der Waals surface area contributed by atoms with Crippen molar-refractivity contribution in [2.45, 2.75) is 19.4 Å². The van der Waals surface area contributed by atoms with Gasteiger partial charge >= 0.3 is 5.97 Å². The summed E-state index contributed by atoms with van der Waals surface area (Å²) in [6.45, 7) is 4.85. The highest BCUT2D eigenvalue weighted by atomic mass is 79.9. The van der Waals surface area contributed by atoms with Crippen molar-refractivity contribution >= 4 is 27.6 Å². The molecule has 0 radical (unpaired) electrons. The number of anilines is 1. The number of carboxylic acids is 1. The van der Waals surface area contributed by atoms with Gasteiger partial charge in [-0.3, -0.25) is 0 Å². The molecule has 0 heterocycles. The van der Waals surface area contributed by atoms with Gasteiger partial charge in [0, 0.05) is 22.2 Å². The first-order chi connectivity index (χ1) is 8.24. The molecule has 0 aromatic heterocycles. The Morgan fingerprint density at radius 1 is 1.44 bits per heavy atom. The number of rotatable bonds is 5. The number of hydrogen-bond donors (Lipinski definition) is 2. The zero-order valence-corrected chi connectivity index (χ0v) is 12.7. The maximum absolute atomic E-state index is 11.1. The Morgan fingerprint density at radius 2 is 2.06 bits per heavy atom. The molecule has 0 saturated carbocycles. The molecule has 0 fully saturated rings. The van der Waals surface area contributed by atoms with Crippen molar-refractivity contribution in [2.24, 2.45) is 0 Å². The van der Waals surface area contributed by atoms with Crippen LogP contribution in [0.5, 0.6) is 0 Å². The number of benzene rings is 1. The molecule has 0 aliphatic heterocycles. The lowest BCUT2D eigenvalue weighted by molar-refractivity contribution is 0.0698. The van der Waals surface area contributed by atoms with Crippen LogP contribution in [0.1, 0.15) is 24.2 Å². The van der Waals surface area contributed by atoms with E-state index in [4.69, 9.17) is 5.11 Å². The van der Waals surface area contributed by atoms with Crippen molar-refractivity contribution in [2.75, 3.05) is 26.0 Å². The topological polar surface area (TPSA) is 52.6 Å². The van der Waals surface area contributed by atoms with Gasteiger partial charge in [-0.1, -0.05) is 15.9 Å². The Balaban J connectivity index is 2.90. The molecule has 4 nitrogen and oxygen atoms in total. The van der Waals surface area contributed by atoms with Gasteiger partial charge in [0.2, 0.25) is 0 Å². The Bertz CT molecular complexity index is 445. The SMILES string of the molecule is CN(C)C(C)(C)CNc1cc(Br)ccc1C(=O)O. The normalized spacial score (nSPS) is 11.7. The van der Waals surface area contributed by atoms with E-state index >= 15 is 0 Å². The second-order valence-corrected chi connectivity index (χ2v) is 5.97. The molecule has 0 aliphatic rings. The summed E-state index contributed by atoms with van der Waals surface area (Å²) < 4.78 is 0.859. The zero-order valence-electron chi connectivity index (χ0n) is 11.1. The first-order valence-corrected chi connectivity index (χ1v) is 6.47. The predicted molar refractivity (Wildman–Crippen MR) is 77.4 cm³/mol. The fourth-order valence-corrected chi connectivity index (χ4v) is 1.68. The molecule has 0 unspecified atom stereocenters. The van der Waals surface area contributed by atoms with Gasteiger partial charge in [-0.25, -0.2) is 4.79 Å². The van der Waals surface area contributed by atoms with E-state index in [0.29, 0.717) is 12.2 Å². The van der Waals surface area contributed by atoms with Crippen molar-refractivity contribution in [3.63, 3.8) is 0 Å². The van der Waals surface area contributed by atoms with Gasteiger partial charge in [0.05, 0.1) is 5.56 Å². The smallest absolute Gasteiger partial charge is 0.337 e. The molecule has 5 heteroatoms. The van der Waals surface area contributed by atoms with Crippen molar-refractivity contribution in [1.29, 1.82) is 0 Å². The van der Waals surface area contributed by atoms with Crippen LogP contribution in [-0.4, -0.2) is 42.2 Å². The monoisotopic (exact) mass is 314 g/mol. The van der Waals surface area contributed by atoms with Crippen molar-refractivity contribution in [3.05, 3.63) is 28.2 Å². The summed E-state index contributed by atoms with van der Waals surface area (Å²) in [5.74, 6) is -0.923. The van der Waals surface area contributed by atoms with E-state index in [0.717, 1.165) is 4.47 Å². The number of aromatic carboxylic acids is 1. The zero-order chi connectivity index (χ0) is 13.9. The summed E-state index contributed by atoms with van der Waals surface area (Å²) in [5, 5.41) is 12.3. The van der Waals surface area contributed by atoms with Crippen molar-refractivity contribution < 1.29 is 9.90 Å². The summed E-state index contributed by atoms with van der Waals surface area (Å²) in [7, 11) is 4.00. The molecule has 100 valence electrons. The predicted octanol–water partition coefficient (Wildman–Crippen LogP) is 2.90. The van der Waals surface area contributed by atoms with E-state index in [-0.39, 0.29) is 11.1 Å². The average molecular weight is 315 g/mol. The van der Waals surface area contributed by atoms with Crippen LogP contribution in [0.15, 0.2) is 22.7 Å². The summed E-state index contributed by atoms with van der Waals surface area (Å²) >= 11 is 3.35. The highest BCUT2D eigenvalue weighted by Gasteiger charge is 2.21. The molecule has 0 bridgehead atoms. The van der Waals surface area contributed by atoms with Gasteiger partial charge in [0.1, 0.15) is 0 Å². The molecule has 1 aromatic carbocycles. The standard InChI is InChI=1S/C13H19BrN2O2/c1-13(2,16(3)4)8-15-11-7-9(14)5-6-10(11)12(17)18/h5-7,15H,8H2,1-4H3,(H,17,18). The molecule has 0 aliphatic carbocycles. The van der Waals surface area contributed by atoms with Crippen molar-refractivity contribution in [1.82, 2.24) is 4.90 Å². The Morgan fingerprint density at radius 3 is 2.56 bits per heavy atom. The third-order valence-electron chi connectivity index (χ3n) is 3.13. The summed E-state index contributed by atoms with van der Waals surface area (Å²) in [6.07, 6.45) is 0. The molecule has 18 heavy (non-hydrogen) atoms. The van der Waals surface area contributed by atoms with E-state index in [1.54, 1.807) is 18.2 Å². The second-order valence-electron chi connectivity index (χ2n) is 5.06. The molecule has 2 N–H and O–H groups in total. The molecule has 0 amide bonds. The third kappa shape index (κ3) is 3.71. The third-order valence-corrected chi connectivity index (χ3v) is 3.63. The highest BCUT2D eigenvalue weighted by Crippen LogP contribution is 2.22. The molecule has 1 rings (SSSR count). The van der Waals surface area contributed by atoms with Gasteiger partial charge in [-0.15, -0.1) is 0 Å². The molecule has 1 aromatic rings. The van der Waals surface area contributed by atoms with E-state index in [1.165, 1.54) is 0 Å². The quantitative estimate of drug-likeness (QED) is 0.877. The van der Waals surface area contributed by atoms with E-state index in [2.05, 4.69) is 40.0 Å². The van der Waals surface area contributed by atoms with Gasteiger partial charge in [0.15, 0.2) is 0 Å². The summed E-state index contributed by atoms with van der Waals surface area (Å²) in [4.78, 5) is 13.2. The van der Waals surface area contributed by atoms with E-state index < -0.39 is 5.97 Å².